The van der Waals surface area contributed by atoms with Crippen LogP contribution in [0.15, 0.2) is 117 Å². The molecule has 0 N–H and O–H groups in total. The van der Waals surface area contributed by atoms with E-state index in [0.29, 0.717) is 11.1 Å². The third-order valence-corrected chi connectivity index (χ3v) is 8.48. The highest BCUT2D eigenvalue weighted by Crippen LogP contribution is 2.28. The number of halogens is 2. The molecule has 0 aromatic heterocycles. The lowest BCUT2D eigenvalue weighted by Gasteiger charge is -2.08. The van der Waals surface area contributed by atoms with Gasteiger partial charge in [-0.2, -0.15) is 0 Å². The first-order valence-electron chi connectivity index (χ1n) is 9.40. The van der Waals surface area contributed by atoms with E-state index in [1.54, 1.807) is 24.3 Å². The van der Waals surface area contributed by atoms with Crippen LogP contribution in [0.5, 0.6) is 0 Å². The lowest BCUT2D eigenvalue weighted by atomic mass is 10.1. The topological polar surface area (TPSA) is 68.3 Å². The molecule has 4 rings (SSSR count). The fourth-order valence-electron chi connectivity index (χ4n) is 3.15. The number of benzene rings is 4. The monoisotopic (exact) mass is 470 g/mol. The van der Waals surface area contributed by atoms with Crippen LogP contribution in [-0.2, 0) is 19.7 Å². The second kappa shape index (κ2) is 8.29. The summed E-state index contributed by atoms with van der Waals surface area (Å²) in [5.74, 6) is -1.05. The zero-order valence-corrected chi connectivity index (χ0v) is 18.1. The highest BCUT2D eigenvalue weighted by molar-refractivity contribution is 7.91. The minimum Gasteiger partial charge on any atom is -0.219 e. The third kappa shape index (κ3) is 4.19. The summed E-state index contributed by atoms with van der Waals surface area (Å²) >= 11 is 0. The van der Waals surface area contributed by atoms with Crippen molar-refractivity contribution in [1.29, 1.82) is 0 Å². The molecule has 0 unspecified atom stereocenters. The Hall–Kier alpha value is -3.36. The molecule has 8 heteroatoms. The summed E-state index contributed by atoms with van der Waals surface area (Å²) in [6.45, 7) is 0. The van der Waals surface area contributed by atoms with E-state index in [2.05, 4.69) is 0 Å². The van der Waals surface area contributed by atoms with Gasteiger partial charge in [-0.25, -0.2) is 25.6 Å². The van der Waals surface area contributed by atoms with Crippen LogP contribution in [0.25, 0.3) is 11.1 Å². The molecule has 4 nitrogen and oxygen atoms in total. The van der Waals surface area contributed by atoms with Gasteiger partial charge in [0.05, 0.1) is 19.6 Å². The smallest absolute Gasteiger partial charge is 0.206 e. The molecule has 162 valence electrons. The lowest BCUT2D eigenvalue weighted by molar-refractivity contribution is 0.592. The van der Waals surface area contributed by atoms with Gasteiger partial charge < -0.3 is 0 Å². The van der Waals surface area contributed by atoms with Crippen molar-refractivity contribution >= 4 is 19.7 Å². The minimum absolute atomic E-state index is 0.0120. The molecular weight excluding hydrogens is 454 g/mol. The Morgan fingerprint density at radius 1 is 0.375 bits per heavy atom. The summed E-state index contributed by atoms with van der Waals surface area (Å²) < 4.78 is 76.9. The number of hydrogen-bond acceptors (Lipinski definition) is 4. The van der Waals surface area contributed by atoms with Gasteiger partial charge in [-0.3, -0.25) is 0 Å². The zero-order valence-electron chi connectivity index (χ0n) is 16.4. The Balaban J connectivity index is 1.60. The maximum Gasteiger partial charge on any atom is 0.206 e. The second-order valence-corrected chi connectivity index (χ2v) is 10.9. The maximum absolute atomic E-state index is 13.1. The normalized spacial score (nSPS) is 11.9. The number of sulfone groups is 2. The Morgan fingerprint density at radius 3 is 0.844 bits per heavy atom. The molecule has 0 aliphatic heterocycles. The fraction of sp³-hybridized carbons (Fsp3) is 0. The molecule has 4 aromatic rings. The molecule has 0 bridgehead atoms. The van der Waals surface area contributed by atoms with Crippen molar-refractivity contribution in [3.63, 3.8) is 0 Å². The van der Waals surface area contributed by atoms with Crippen LogP contribution < -0.4 is 0 Å². The molecule has 0 amide bonds. The van der Waals surface area contributed by atoms with Crippen LogP contribution in [0.1, 0.15) is 0 Å². The predicted molar refractivity (Wildman–Crippen MR) is 116 cm³/mol. The summed E-state index contributed by atoms with van der Waals surface area (Å²) in [6.07, 6.45) is 0. The van der Waals surface area contributed by atoms with Crippen molar-refractivity contribution in [3.05, 3.63) is 109 Å². The van der Waals surface area contributed by atoms with Gasteiger partial charge in [0.1, 0.15) is 11.6 Å². The minimum atomic E-state index is -3.79. The van der Waals surface area contributed by atoms with E-state index in [-0.39, 0.29) is 19.6 Å². The molecule has 0 saturated carbocycles. The van der Waals surface area contributed by atoms with Crippen LogP contribution in [0.2, 0.25) is 0 Å². The Labute approximate surface area is 184 Å². The van der Waals surface area contributed by atoms with Crippen molar-refractivity contribution in [2.45, 2.75) is 19.6 Å². The molecule has 0 spiro atoms. The summed E-state index contributed by atoms with van der Waals surface area (Å²) in [5.41, 5.74) is 1.38. The van der Waals surface area contributed by atoms with Gasteiger partial charge in [0.2, 0.25) is 19.7 Å². The first-order chi connectivity index (χ1) is 15.2. The average molecular weight is 471 g/mol. The van der Waals surface area contributed by atoms with Crippen LogP contribution >= 0.6 is 0 Å². The summed E-state index contributed by atoms with van der Waals surface area (Å²) in [4.78, 5) is 0.0933. The van der Waals surface area contributed by atoms with E-state index in [4.69, 9.17) is 0 Å². The SMILES string of the molecule is O=S(=O)(c1ccc(F)cc1)c1ccc(-c2ccc(S(=O)(=O)c3ccc(F)cc3)cc2)cc1. The molecule has 32 heavy (non-hydrogen) atoms. The van der Waals surface area contributed by atoms with E-state index in [9.17, 15) is 25.6 Å². The fourth-order valence-corrected chi connectivity index (χ4v) is 5.67. The van der Waals surface area contributed by atoms with E-state index in [1.807, 2.05) is 0 Å². The highest BCUT2D eigenvalue weighted by atomic mass is 32.2. The van der Waals surface area contributed by atoms with Gasteiger partial charge >= 0.3 is 0 Å². The quantitative estimate of drug-likeness (QED) is 0.371. The van der Waals surface area contributed by atoms with Crippen LogP contribution in [-0.4, -0.2) is 16.8 Å². The van der Waals surface area contributed by atoms with E-state index in [1.165, 1.54) is 48.5 Å². The summed E-state index contributed by atoms with van der Waals surface area (Å²) in [7, 11) is -7.57. The molecule has 0 radical (unpaired) electrons. The second-order valence-electron chi connectivity index (χ2n) is 6.96. The first kappa shape index (κ1) is 21.9. The molecule has 4 aromatic carbocycles. The van der Waals surface area contributed by atoms with Gasteiger partial charge in [0.15, 0.2) is 0 Å². The number of rotatable bonds is 5. The van der Waals surface area contributed by atoms with Crippen molar-refractivity contribution < 1.29 is 25.6 Å². The Kier molecular flexibility index (Phi) is 5.66. The lowest BCUT2D eigenvalue weighted by Crippen LogP contribution is -2.02. The van der Waals surface area contributed by atoms with E-state index >= 15 is 0 Å². The zero-order chi connectivity index (χ0) is 22.9. The van der Waals surface area contributed by atoms with Crippen molar-refractivity contribution in [2.24, 2.45) is 0 Å². The van der Waals surface area contributed by atoms with Gasteiger partial charge in [-0.1, -0.05) is 24.3 Å². The van der Waals surface area contributed by atoms with Gasteiger partial charge in [0.25, 0.3) is 0 Å². The molecule has 0 saturated heterocycles. The standard InChI is InChI=1S/C24H16F2O4S2/c25-19-5-13-23(14-6-19)31(27,28)21-9-1-17(2-10-21)18-3-11-22(12-4-18)32(29,30)24-15-7-20(26)8-16-24/h1-16H. The predicted octanol–water partition coefficient (Wildman–Crippen LogP) is 5.30. The molecule has 0 aliphatic rings. The summed E-state index contributed by atoms with van der Waals surface area (Å²) in [5, 5.41) is 0. The molecule has 0 atom stereocenters. The number of hydrogen-bond donors (Lipinski definition) is 0. The van der Waals surface area contributed by atoms with Gasteiger partial charge in [-0.15, -0.1) is 0 Å². The van der Waals surface area contributed by atoms with Crippen LogP contribution in [0.4, 0.5) is 8.78 Å². The largest absolute Gasteiger partial charge is 0.219 e. The summed E-state index contributed by atoms with van der Waals surface area (Å²) in [6, 6.07) is 21.4. The molecular formula is C24H16F2O4S2. The Bertz CT molecular complexity index is 1340. The molecule has 0 heterocycles. The van der Waals surface area contributed by atoms with Gasteiger partial charge in [0, 0.05) is 0 Å². The van der Waals surface area contributed by atoms with Gasteiger partial charge in [-0.05, 0) is 83.9 Å². The molecule has 0 fully saturated rings. The average Bonchev–Trinajstić information content (AvgIpc) is 2.80. The maximum atomic E-state index is 13.1. The third-order valence-electron chi connectivity index (χ3n) is 4.91. The van der Waals surface area contributed by atoms with Crippen LogP contribution in [0, 0.1) is 11.6 Å². The van der Waals surface area contributed by atoms with Crippen molar-refractivity contribution in [3.8, 4) is 11.1 Å². The first-order valence-corrected chi connectivity index (χ1v) is 12.4. The van der Waals surface area contributed by atoms with Crippen molar-refractivity contribution in [2.75, 3.05) is 0 Å². The van der Waals surface area contributed by atoms with E-state index in [0.717, 1.165) is 24.3 Å². The van der Waals surface area contributed by atoms with E-state index < -0.39 is 31.3 Å². The highest BCUT2D eigenvalue weighted by Gasteiger charge is 2.19. The molecule has 0 aliphatic carbocycles. The van der Waals surface area contributed by atoms with Crippen molar-refractivity contribution in [1.82, 2.24) is 0 Å². The Morgan fingerprint density at radius 2 is 0.594 bits per heavy atom. The van der Waals surface area contributed by atoms with Crippen LogP contribution in [0.3, 0.4) is 0 Å².